The molecule has 208 valence electrons. The number of nitrogens with zero attached hydrogens (tertiary/aromatic N) is 2. The maximum absolute atomic E-state index is 15.0. The Morgan fingerprint density at radius 2 is 1.62 bits per heavy atom. The van der Waals surface area contributed by atoms with Crippen LogP contribution in [0.15, 0.2) is 54.9 Å². The number of benzene rings is 2. The van der Waals surface area contributed by atoms with Gasteiger partial charge < -0.3 is 0 Å². The third kappa shape index (κ3) is 7.32. The Kier molecular flexibility index (Phi) is 9.01. The summed E-state index contributed by atoms with van der Waals surface area (Å²) in [5.41, 5.74) is -1.53. The summed E-state index contributed by atoms with van der Waals surface area (Å²) >= 11 is 11.3. The minimum absolute atomic E-state index is 0.0989. The lowest BCUT2D eigenvalue weighted by molar-refractivity contribution is -0.140. The SMILES string of the molecule is O=C(NNc1ncccn1)c1ccc(/C(F)=C/C(c2cc(Cl)c(Cl)c(C(F)F)c2)C(F)(F)F)cc1C(F)(F)F. The van der Waals surface area contributed by atoms with E-state index in [9.17, 15) is 44.3 Å². The lowest BCUT2D eigenvalue weighted by atomic mass is 9.94. The first-order chi connectivity index (χ1) is 18.1. The number of hydrogen-bond donors (Lipinski definition) is 2. The van der Waals surface area contributed by atoms with Gasteiger partial charge in [-0.1, -0.05) is 29.3 Å². The Labute approximate surface area is 223 Å². The number of halogens is 11. The molecule has 3 rings (SSSR count). The first-order valence-corrected chi connectivity index (χ1v) is 11.1. The van der Waals surface area contributed by atoms with Crippen LogP contribution in [0.25, 0.3) is 5.83 Å². The number of hydrogen-bond acceptors (Lipinski definition) is 4. The van der Waals surface area contributed by atoms with Crippen LogP contribution < -0.4 is 10.9 Å². The second-order valence-corrected chi connectivity index (χ2v) is 8.44. The molecule has 0 aliphatic carbocycles. The third-order valence-corrected chi connectivity index (χ3v) is 5.85. The highest BCUT2D eigenvalue weighted by atomic mass is 35.5. The summed E-state index contributed by atoms with van der Waals surface area (Å²) in [5.74, 6) is -6.18. The molecule has 0 spiro atoms. The summed E-state index contributed by atoms with van der Waals surface area (Å²) in [7, 11) is 0. The van der Waals surface area contributed by atoms with E-state index in [0.29, 0.717) is 24.3 Å². The van der Waals surface area contributed by atoms with Crippen LogP contribution in [0.2, 0.25) is 10.0 Å². The molecule has 5 nitrogen and oxygen atoms in total. The molecular weight excluding hydrogens is 590 g/mol. The van der Waals surface area contributed by atoms with Gasteiger partial charge in [0, 0.05) is 23.5 Å². The second-order valence-electron chi connectivity index (χ2n) is 7.65. The van der Waals surface area contributed by atoms with Crippen LogP contribution in [0.4, 0.5) is 45.5 Å². The molecule has 1 heterocycles. The summed E-state index contributed by atoms with van der Waals surface area (Å²) in [6.45, 7) is 0. The average Bonchev–Trinajstić information content (AvgIpc) is 2.86. The van der Waals surface area contributed by atoms with E-state index in [0.717, 1.165) is 0 Å². The molecule has 0 aliphatic rings. The van der Waals surface area contributed by atoms with Crippen molar-refractivity contribution in [2.45, 2.75) is 24.7 Å². The van der Waals surface area contributed by atoms with Gasteiger partial charge in [0.2, 0.25) is 5.95 Å². The Hall–Kier alpha value is -3.52. The topological polar surface area (TPSA) is 66.9 Å². The zero-order valence-electron chi connectivity index (χ0n) is 18.8. The van der Waals surface area contributed by atoms with Gasteiger partial charge in [-0.25, -0.2) is 23.1 Å². The van der Waals surface area contributed by atoms with Crippen molar-refractivity contribution in [1.82, 2.24) is 15.4 Å². The quantitative estimate of drug-likeness (QED) is 0.211. The fourth-order valence-corrected chi connectivity index (χ4v) is 3.69. The molecule has 1 unspecified atom stereocenters. The van der Waals surface area contributed by atoms with Crippen molar-refractivity contribution in [2.75, 3.05) is 5.43 Å². The van der Waals surface area contributed by atoms with Crippen LogP contribution in [0.1, 0.15) is 45.0 Å². The number of rotatable bonds is 7. The van der Waals surface area contributed by atoms with Crippen molar-refractivity contribution < 1.29 is 44.3 Å². The van der Waals surface area contributed by atoms with Crippen molar-refractivity contribution in [1.29, 1.82) is 0 Å². The molecule has 1 atom stereocenters. The van der Waals surface area contributed by atoms with E-state index in [2.05, 4.69) is 15.4 Å². The molecule has 0 fully saturated rings. The standard InChI is InChI=1S/C23H13Cl2F9N4O/c24-16-8-11(6-13(18(16)25)19(27)28)14(22(29,30)31)9-17(26)10-2-3-12(15(7-10)23(32,33)34)20(39)37-38-21-35-4-1-5-36-21/h1-9,14,19H,(H,37,39)(H,35,36,38)/b17-9-. The lowest BCUT2D eigenvalue weighted by Gasteiger charge is -2.20. The van der Waals surface area contributed by atoms with Crippen molar-refractivity contribution in [3.8, 4) is 0 Å². The summed E-state index contributed by atoms with van der Waals surface area (Å²) in [5, 5.41) is -1.38. The monoisotopic (exact) mass is 602 g/mol. The zero-order chi connectivity index (χ0) is 29.1. The molecule has 1 amide bonds. The molecule has 1 aromatic heterocycles. The van der Waals surface area contributed by atoms with Gasteiger partial charge in [0.05, 0.1) is 21.2 Å². The molecule has 0 bridgehead atoms. The van der Waals surface area contributed by atoms with Crippen LogP contribution in [-0.4, -0.2) is 22.1 Å². The molecule has 0 aliphatic heterocycles. The van der Waals surface area contributed by atoms with E-state index in [4.69, 9.17) is 23.2 Å². The van der Waals surface area contributed by atoms with E-state index < -0.39 is 74.3 Å². The van der Waals surface area contributed by atoms with E-state index >= 15 is 0 Å². The maximum atomic E-state index is 15.0. The molecular formula is C23H13Cl2F9N4O. The maximum Gasteiger partial charge on any atom is 0.417 e. The van der Waals surface area contributed by atoms with Crippen LogP contribution in [0.3, 0.4) is 0 Å². The molecule has 39 heavy (non-hydrogen) atoms. The van der Waals surface area contributed by atoms with Gasteiger partial charge in [-0.2, -0.15) is 26.3 Å². The predicted octanol–water partition coefficient (Wildman–Crippen LogP) is 8.15. The Morgan fingerprint density at radius 3 is 2.18 bits per heavy atom. The predicted molar refractivity (Wildman–Crippen MR) is 124 cm³/mol. The lowest BCUT2D eigenvalue weighted by Crippen LogP contribution is -2.32. The minimum Gasteiger partial charge on any atom is -0.267 e. The largest absolute Gasteiger partial charge is 0.417 e. The highest BCUT2D eigenvalue weighted by Gasteiger charge is 2.41. The van der Waals surface area contributed by atoms with E-state index in [1.807, 2.05) is 5.43 Å². The van der Waals surface area contributed by atoms with E-state index in [1.54, 1.807) is 0 Å². The number of alkyl halides is 8. The van der Waals surface area contributed by atoms with Gasteiger partial charge >= 0.3 is 12.4 Å². The molecule has 2 aromatic carbocycles. The van der Waals surface area contributed by atoms with Crippen LogP contribution >= 0.6 is 23.2 Å². The molecule has 0 radical (unpaired) electrons. The highest BCUT2D eigenvalue weighted by Crippen LogP contribution is 2.43. The van der Waals surface area contributed by atoms with Crippen molar-refractivity contribution >= 4 is 40.9 Å². The van der Waals surface area contributed by atoms with Crippen molar-refractivity contribution in [3.63, 3.8) is 0 Å². The number of carbonyl (C=O) groups is 1. The van der Waals surface area contributed by atoms with Gasteiger partial charge in [-0.05, 0) is 42.0 Å². The summed E-state index contributed by atoms with van der Waals surface area (Å²) < 4.78 is 124. The number of carbonyl (C=O) groups excluding carboxylic acids is 1. The number of anilines is 1. The fraction of sp³-hybridized carbons (Fsp3) is 0.174. The molecule has 0 saturated carbocycles. The zero-order valence-corrected chi connectivity index (χ0v) is 20.3. The van der Waals surface area contributed by atoms with Crippen LogP contribution in [-0.2, 0) is 6.18 Å². The number of amides is 1. The van der Waals surface area contributed by atoms with Crippen molar-refractivity contribution in [2.24, 2.45) is 0 Å². The van der Waals surface area contributed by atoms with Gasteiger partial charge in [0.15, 0.2) is 0 Å². The van der Waals surface area contributed by atoms with E-state index in [1.165, 1.54) is 18.5 Å². The Morgan fingerprint density at radius 1 is 0.974 bits per heavy atom. The third-order valence-electron chi connectivity index (χ3n) is 5.04. The molecule has 0 saturated heterocycles. The van der Waals surface area contributed by atoms with Crippen molar-refractivity contribution in [3.05, 3.63) is 92.7 Å². The smallest absolute Gasteiger partial charge is 0.267 e. The van der Waals surface area contributed by atoms with Gasteiger partial charge in [0.1, 0.15) is 11.7 Å². The summed E-state index contributed by atoms with van der Waals surface area (Å²) in [6, 6.07) is 3.71. The summed E-state index contributed by atoms with van der Waals surface area (Å²) in [4.78, 5) is 19.7. The molecule has 16 heteroatoms. The summed E-state index contributed by atoms with van der Waals surface area (Å²) in [6.07, 6.45) is -11.4. The van der Waals surface area contributed by atoms with E-state index in [-0.39, 0.29) is 18.1 Å². The number of hydrazine groups is 1. The Balaban J connectivity index is 2.02. The second kappa shape index (κ2) is 11.7. The first-order valence-electron chi connectivity index (χ1n) is 10.4. The minimum atomic E-state index is -5.27. The number of nitrogens with one attached hydrogen (secondary N) is 2. The number of aromatic nitrogens is 2. The molecule has 3 aromatic rings. The fourth-order valence-electron chi connectivity index (χ4n) is 3.26. The number of allylic oxidation sites excluding steroid dienone is 1. The normalized spacial score (nSPS) is 13.4. The van der Waals surface area contributed by atoms with Gasteiger partial charge in [-0.15, -0.1) is 0 Å². The average molecular weight is 603 g/mol. The van der Waals surface area contributed by atoms with Crippen LogP contribution in [0, 0.1) is 0 Å². The highest BCUT2D eigenvalue weighted by molar-refractivity contribution is 6.42. The van der Waals surface area contributed by atoms with Gasteiger partial charge in [0.25, 0.3) is 12.3 Å². The first kappa shape index (κ1) is 30.0. The van der Waals surface area contributed by atoms with Crippen LogP contribution in [0.5, 0.6) is 0 Å². The Bertz CT molecular complexity index is 1380. The van der Waals surface area contributed by atoms with Gasteiger partial charge in [-0.3, -0.25) is 15.6 Å². The molecule has 2 N–H and O–H groups in total.